The van der Waals surface area contributed by atoms with Crippen molar-refractivity contribution in [2.24, 2.45) is 12.8 Å². The smallest absolute Gasteiger partial charge is 0.328 e. The van der Waals surface area contributed by atoms with Gasteiger partial charge in [0, 0.05) is 56.9 Å². The van der Waals surface area contributed by atoms with Crippen molar-refractivity contribution in [3.05, 3.63) is 38.7 Å². The van der Waals surface area contributed by atoms with Crippen LogP contribution in [0.3, 0.4) is 0 Å². The molecule has 0 saturated carbocycles. The first kappa shape index (κ1) is 29.5. The molecule has 0 aliphatic rings. The summed E-state index contributed by atoms with van der Waals surface area (Å²) in [6, 6.07) is 0. The Morgan fingerprint density at radius 2 is 1.68 bits per heavy atom. The van der Waals surface area contributed by atoms with Crippen LogP contribution in [0.15, 0.2) is 21.9 Å². The fourth-order valence-corrected chi connectivity index (χ4v) is 4.45. The van der Waals surface area contributed by atoms with Gasteiger partial charge in [0.05, 0.1) is 12.1 Å². The Balaban J connectivity index is 2.03. The molecule has 6 N–H and O–H groups in total. The van der Waals surface area contributed by atoms with Crippen LogP contribution < -0.4 is 32.9 Å². The number of nitrogens with one attached hydrogen (secondary N) is 4. The van der Waals surface area contributed by atoms with Gasteiger partial charge in [0.25, 0.3) is 5.56 Å². The van der Waals surface area contributed by atoms with E-state index in [9.17, 15) is 24.0 Å². The molecule has 0 aliphatic heterocycles. The lowest BCUT2D eigenvalue weighted by Crippen LogP contribution is -2.37. The van der Waals surface area contributed by atoms with Gasteiger partial charge < -0.3 is 26.3 Å². The summed E-state index contributed by atoms with van der Waals surface area (Å²) in [5.74, 6) is 0.854. The number of nitrogens with zero attached hydrogens (tertiary/aromatic N) is 1. The average Bonchev–Trinajstić information content (AvgIpc) is 2.80. The van der Waals surface area contributed by atoms with Crippen LogP contribution in [0.4, 0.5) is 0 Å². The topological polar surface area (TPSA) is 168 Å². The van der Waals surface area contributed by atoms with Gasteiger partial charge in [-0.25, -0.2) is 4.79 Å². The molecule has 0 fully saturated rings. The molecule has 11 nitrogen and oxygen atoms in total. The third-order valence-corrected chi connectivity index (χ3v) is 6.86. The summed E-state index contributed by atoms with van der Waals surface area (Å²) >= 11 is 0. The first-order chi connectivity index (χ1) is 16.3. The van der Waals surface area contributed by atoms with Gasteiger partial charge in [-0.3, -0.25) is 24.2 Å². The Morgan fingerprint density at radius 1 is 1.00 bits per heavy atom. The Bertz CT molecular complexity index is 931. The highest BCUT2D eigenvalue weighted by Gasteiger charge is 2.05. The molecule has 1 heterocycles. The number of nitrogens with two attached hydrogens (primary N) is 1. The normalized spacial score (nSPS) is 10.9. The van der Waals surface area contributed by atoms with E-state index in [1.807, 2.05) is 0 Å². The zero-order chi connectivity index (χ0) is 25.2. The Labute approximate surface area is 206 Å². The molecule has 0 aliphatic carbocycles. The number of aromatic amines is 1. The number of carbonyl (C=O) groups excluding carboxylic acids is 3. The van der Waals surface area contributed by atoms with Crippen LogP contribution in [0.2, 0.25) is 0 Å². The Morgan fingerprint density at radius 3 is 2.38 bits per heavy atom. The summed E-state index contributed by atoms with van der Waals surface area (Å²) < 4.78 is 1.23. The van der Waals surface area contributed by atoms with E-state index >= 15 is 0 Å². The van der Waals surface area contributed by atoms with Crippen LogP contribution in [0.25, 0.3) is 6.08 Å². The van der Waals surface area contributed by atoms with Crippen molar-refractivity contribution in [3.8, 4) is 0 Å². The number of hydrogen-bond acceptors (Lipinski definition) is 8. The minimum Gasteiger partial charge on any atom is -0.355 e. The molecule has 34 heavy (non-hydrogen) atoms. The van der Waals surface area contributed by atoms with Crippen LogP contribution in [0.5, 0.6) is 0 Å². The van der Waals surface area contributed by atoms with Crippen molar-refractivity contribution in [1.82, 2.24) is 25.5 Å². The number of rotatable bonds is 17. The van der Waals surface area contributed by atoms with Gasteiger partial charge >= 0.3 is 5.69 Å². The number of unbranched alkanes of at least 4 members (excludes halogenated alkanes) is 3. The maximum absolute atomic E-state index is 11.8. The van der Waals surface area contributed by atoms with Crippen molar-refractivity contribution in [2.45, 2.75) is 32.1 Å². The summed E-state index contributed by atoms with van der Waals surface area (Å²) in [5.41, 5.74) is 4.54. The summed E-state index contributed by atoms with van der Waals surface area (Å²) in [4.78, 5) is 60.4. The van der Waals surface area contributed by atoms with Crippen LogP contribution in [0, 0.1) is 0 Å². The fourth-order valence-electron chi connectivity index (χ4n) is 2.60. The van der Waals surface area contributed by atoms with Gasteiger partial charge in [-0.1, -0.05) is 34.4 Å². The van der Waals surface area contributed by atoms with E-state index in [-0.39, 0.29) is 29.8 Å². The largest absolute Gasteiger partial charge is 0.355 e. The molecule has 0 unspecified atom stereocenters. The Hall–Kier alpha value is -2.51. The molecule has 0 aromatic carbocycles. The molecular weight excluding hydrogens is 480 g/mol. The molecule has 13 heteroatoms. The molecule has 0 atom stereocenters. The predicted octanol–water partition coefficient (Wildman–Crippen LogP) is -0.274. The Kier molecular flexibility index (Phi) is 15.5. The fraction of sp³-hybridized carbons (Fsp3) is 0.571. The van der Waals surface area contributed by atoms with Gasteiger partial charge in [-0.15, -0.1) is 0 Å². The van der Waals surface area contributed by atoms with Crippen molar-refractivity contribution >= 4 is 45.4 Å². The van der Waals surface area contributed by atoms with Crippen LogP contribution >= 0.6 is 21.6 Å². The van der Waals surface area contributed by atoms with Crippen molar-refractivity contribution < 1.29 is 14.4 Å². The zero-order valence-corrected chi connectivity index (χ0v) is 21.0. The number of hydrogen-bond donors (Lipinski definition) is 5. The second-order valence-corrected chi connectivity index (χ2v) is 10.0. The first-order valence-electron chi connectivity index (χ1n) is 11.1. The minimum atomic E-state index is -0.547. The maximum Gasteiger partial charge on any atom is 0.328 e. The monoisotopic (exact) mass is 514 g/mol. The van der Waals surface area contributed by atoms with Crippen LogP contribution in [-0.2, 0) is 21.4 Å². The third kappa shape index (κ3) is 13.9. The second-order valence-electron chi connectivity index (χ2n) is 7.30. The van der Waals surface area contributed by atoms with Gasteiger partial charge in [0.15, 0.2) is 0 Å². The standard InChI is InChI=1S/C21H34N6O5S2/c1-27-15-16(20(31)26-21(27)32)6-7-17(28)23-10-4-2-3-5-11-24-19(30)14-25-18(29)8-12-33-34-13-9-22/h6-7,15H,2-5,8-14,22H2,1H3,(H,23,28)(H,24,30)(H,25,29)(H,26,31,32)/b7-6+. The van der Waals surface area contributed by atoms with E-state index in [1.165, 1.54) is 30.0 Å². The van der Waals surface area contributed by atoms with Gasteiger partial charge in [-0.05, 0) is 18.9 Å². The number of carbonyl (C=O) groups is 3. The molecule has 1 aromatic heterocycles. The SMILES string of the molecule is Cn1cc(/C=C/C(=O)NCCCCCCNC(=O)CNC(=O)CCSSCCN)c(=O)[nH]c1=O. The van der Waals surface area contributed by atoms with E-state index < -0.39 is 11.2 Å². The summed E-state index contributed by atoms with van der Waals surface area (Å²) in [6.07, 6.45) is 7.71. The summed E-state index contributed by atoms with van der Waals surface area (Å²) in [6.45, 7) is 1.62. The van der Waals surface area contributed by atoms with E-state index in [0.29, 0.717) is 31.8 Å². The van der Waals surface area contributed by atoms with Gasteiger partial charge in [0.2, 0.25) is 17.7 Å². The van der Waals surface area contributed by atoms with Crippen LogP contribution in [0.1, 0.15) is 37.7 Å². The maximum atomic E-state index is 11.8. The number of amides is 3. The molecule has 1 aromatic rings. The molecule has 0 spiro atoms. The molecule has 0 saturated heterocycles. The molecule has 3 amide bonds. The lowest BCUT2D eigenvalue weighted by molar-refractivity contribution is -0.125. The van der Waals surface area contributed by atoms with Crippen LogP contribution in [-0.4, -0.2) is 65.0 Å². The van der Waals surface area contributed by atoms with E-state index in [2.05, 4.69) is 20.9 Å². The van der Waals surface area contributed by atoms with E-state index in [4.69, 9.17) is 5.73 Å². The van der Waals surface area contributed by atoms with Crippen molar-refractivity contribution in [3.63, 3.8) is 0 Å². The lowest BCUT2D eigenvalue weighted by atomic mass is 10.2. The quantitative estimate of drug-likeness (QED) is 0.107. The first-order valence-corrected chi connectivity index (χ1v) is 13.6. The zero-order valence-electron chi connectivity index (χ0n) is 19.4. The second kappa shape index (κ2) is 17.9. The third-order valence-electron chi connectivity index (χ3n) is 4.42. The molecule has 0 bridgehead atoms. The molecule has 1 rings (SSSR count). The van der Waals surface area contributed by atoms with E-state index in [1.54, 1.807) is 21.6 Å². The number of aromatic nitrogens is 2. The number of H-pyrrole nitrogens is 1. The molecular formula is C21H34N6O5S2. The van der Waals surface area contributed by atoms with E-state index in [0.717, 1.165) is 31.4 Å². The highest BCUT2D eigenvalue weighted by atomic mass is 33.1. The predicted molar refractivity (Wildman–Crippen MR) is 137 cm³/mol. The highest BCUT2D eigenvalue weighted by Crippen LogP contribution is 2.20. The molecule has 190 valence electrons. The lowest BCUT2D eigenvalue weighted by Gasteiger charge is -2.07. The number of aryl methyl sites for hydroxylation is 1. The highest BCUT2D eigenvalue weighted by molar-refractivity contribution is 8.76. The summed E-state index contributed by atoms with van der Waals surface area (Å²) in [7, 11) is 4.73. The van der Waals surface area contributed by atoms with Crippen molar-refractivity contribution in [2.75, 3.05) is 37.7 Å². The van der Waals surface area contributed by atoms with Gasteiger partial charge in [0.1, 0.15) is 0 Å². The minimum absolute atomic E-state index is 0.0237. The van der Waals surface area contributed by atoms with Gasteiger partial charge in [-0.2, -0.15) is 0 Å². The summed E-state index contributed by atoms with van der Waals surface area (Å²) in [5, 5.41) is 8.11. The van der Waals surface area contributed by atoms with Crippen molar-refractivity contribution in [1.29, 1.82) is 0 Å². The molecule has 0 radical (unpaired) electrons. The average molecular weight is 515 g/mol.